The van der Waals surface area contributed by atoms with Crippen molar-refractivity contribution in [2.75, 3.05) is 7.11 Å². The Labute approximate surface area is 169 Å². The van der Waals surface area contributed by atoms with Crippen molar-refractivity contribution < 1.29 is 18.7 Å². The fourth-order valence-electron chi connectivity index (χ4n) is 2.48. The lowest BCUT2D eigenvalue weighted by molar-refractivity contribution is -0.128. The summed E-state index contributed by atoms with van der Waals surface area (Å²) in [5.74, 6) is 1.94. The molecule has 2 heterocycles. The van der Waals surface area contributed by atoms with Gasteiger partial charge >= 0.3 is 0 Å². The fourth-order valence-corrected chi connectivity index (χ4v) is 2.48. The Balaban J connectivity index is 1.56. The lowest BCUT2D eigenvalue weighted by Gasteiger charge is -2.17. The van der Waals surface area contributed by atoms with Gasteiger partial charge in [0.1, 0.15) is 35.3 Å². The summed E-state index contributed by atoms with van der Waals surface area (Å²) >= 11 is 0. The van der Waals surface area contributed by atoms with Gasteiger partial charge in [-0.25, -0.2) is 9.67 Å². The maximum atomic E-state index is 12.0. The van der Waals surface area contributed by atoms with E-state index in [9.17, 15) is 4.79 Å². The summed E-state index contributed by atoms with van der Waals surface area (Å²) in [6.45, 7) is 6.49. The quantitative estimate of drug-likeness (QED) is 0.621. The maximum Gasteiger partial charge on any atom is 0.225 e. The molecule has 154 valence electrons. The van der Waals surface area contributed by atoms with Crippen LogP contribution >= 0.6 is 0 Å². The van der Waals surface area contributed by atoms with E-state index in [1.807, 2.05) is 39.0 Å². The molecule has 0 atom stereocenters. The Morgan fingerprint density at radius 1 is 1.28 bits per heavy atom. The zero-order valence-electron chi connectivity index (χ0n) is 17.0. The standard InChI is InChI=1S/C20H25N5O4/c1-20(2,3)19(26)21-9-18-17(22-13-29-18)11-25-10-14(23-24-25)12-28-16-7-5-6-15(8-16)27-4/h5-8,10,13H,9,11-12H2,1-4H3,(H,21,26). The Morgan fingerprint density at radius 2 is 2.07 bits per heavy atom. The van der Waals surface area contributed by atoms with E-state index in [0.717, 1.165) is 5.75 Å². The summed E-state index contributed by atoms with van der Waals surface area (Å²) in [6, 6.07) is 7.36. The molecular formula is C20H25N5O4. The molecule has 2 aromatic heterocycles. The number of hydrogen-bond acceptors (Lipinski definition) is 7. The summed E-state index contributed by atoms with van der Waals surface area (Å²) in [5.41, 5.74) is 0.896. The molecule has 1 aromatic carbocycles. The van der Waals surface area contributed by atoms with Gasteiger partial charge in [0, 0.05) is 11.5 Å². The average molecular weight is 399 g/mol. The molecule has 29 heavy (non-hydrogen) atoms. The van der Waals surface area contributed by atoms with Crippen molar-refractivity contribution in [2.45, 2.75) is 40.5 Å². The average Bonchev–Trinajstić information content (AvgIpc) is 3.33. The first-order chi connectivity index (χ1) is 13.8. The van der Waals surface area contributed by atoms with E-state index < -0.39 is 5.41 Å². The fraction of sp³-hybridized carbons (Fsp3) is 0.400. The van der Waals surface area contributed by atoms with Crippen LogP contribution in [0.1, 0.15) is 37.9 Å². The molecule has 0 spiro atoms. The van der Waals surface area contributed by atoms with E-state index in [-0.39, 0.29) is 19.1 Å². The SMILES string of the molecule is COc1cccc(OCc2cn(Cc3ncoc3CNC(=O)C(C)(C)C)nn2)c1. The molecule has 1 N–H and O–H groups in total. The van der Waals surface area contributed by atoms with E-state index in [4.69, 9.17) is 13.9 Å². The molecule has 0 saturated heterocycles. The monoisotopic (exact) mass is 399 g/mol. The molecular weight excluding hydrogens is 374 g/mol. The number of ether oxygens (including phenoxy) is 2. The third-order valence-corrected chi connectivity index (χ3v) is 4.14. The summed E-state index contributed by atoms with van der Waals surface area (Å²) in [4.78, 5) is 16.3. The molecule has 3 rings (SSSR count). The summed E-state index contributed by atoms with van der Waals surface area (Å²) < 4.78 is 18.0. The molecule has 0 fully saturated rings. The second kappa shape index (κ2) is 8.76. The van der Waals surface area contributed by atoms with Crippen LogP contribution in [0.15, 0.2) is 41.3 Å². The van der Waals surface area contributed by atoms with Gasteiger partial charge < -0.3 is 19.2 Å². The van der Waals surface area contributed by atoms with Crippen molar-refractivity contribution in [3.8, 4) is 11.5 Å². The van der Waals surface area contributed by atoms with Crippen LogP contribution in [-0.2, 0) is 24.5 Å². The number of nitrogens with zero attached hydrogens (tertiary/aromatic N) is 4. The van der Waals surface area contributed by atoms with Crippen LogP contribution in [0.2, 0.25) is 0 Å². The smallest absolute Gasteiger partial charge is 0.225 e. The number of methoxy groups -OCH3 is 1. The number of hydrogen-bond donors (Lipinski definition) is 1. The molecule has 9 nitrogen and oxygen atoms in total. The summed E-state index contributed by atoms with van der Waals surface area (Å²) in [6.07, 6.45) is 3.14. The highest BCUT2D eigenvalue weighted by Gasteiger charge is 2.21. The Morgan fingerprint density at radius 3 is 2.83 bits per heavy atom. The number of aromatic nitrogens is 4. The van der Waals surface area contributed by atoms with Crippen LogP contribution in [0, 0.1) is 5.41 Å². The second-order valence-corrected chi connectivity index (χ2v) is 7.53. The normalized spacial score (nSPS) is 11.3. The first-order valence-corrected chi connectivity index (χ1v) is 9.20. The zero-order chi connectivity index (χ0) is 20.9. The van der Waals surface area contributed by atoms with Crippen molar-refractivity contribution in [2.24, 2.45) is 5.41 Å². The van der Waals surface area contributed by atoms with E-state index in [1.165, 1.54) is 6.39 Å². The summed E-state index contributed by atoms with van der Waals surface area (Å²) in [5, 5.41) is 11.1. The summed E-state index contributed by atoms with van der Waals surface area (Å²) in [7, 11) is 1.61. The highest BCUT2D eigenvalue weighted by molar-refractivity contribution is 5.81. The molecule has 3 aromatic rings. The van der Waals surface area contributed by atoms with E-state index in [1.54, 1.807) is 24.1 Å². The Hall–Kier alpha value is -3.36. The van der Waals surface area contributed by atoms with Crippen molar-refractivity contribution in [3.05, 3.63) is 54.0 Å². The van der Waals surface area contributed by atoms with Gasteiger partial charge in [-0.2, -0.15) is 0 Å². The van der Waals surface area contributed by atoms with E-state index in [2.05, 4.69) is 20.6 Å². The highest BCUT2D eigenvalue weighted by Crippen LogP contribution is 2.19. The van der Waals surface area contributed by atoms with Gasteiger partial charge in [-0.05, 0) is 12.1 Å². The number of amides is 1. The molecule has 0 bridgehead atoms. The number of benzene rings is 1. The number of carbonyl (C=O) groups is 1. The number of nitrogens with one attached hydrogen (secondary N) is 1. The molecule has 0 saturated carbocycles. The van der Waals surface area contributed by atoms with Crippen molar-refractivity contribution in [1.29, 1.82) is 0 Å². The van der Waals surface area contributed by atoms with Crippen LogP contribution in [0.25, 0.3) is 0 Å². The van der Waals surface area contributed by atoms with Gasteiger partial charge in [-0.1, -0.05) is 32.1 Å². The lowest BCUT2D eigenvalue weighted by atomic mass is 9.96. The molecule has 0 unspecified atom stereocenters. The first-order valence-electron chi connectivity index (χ1n) is 9.20. The minimum atomic E-state index is -0.468. The number of oxazole rings is 1. The van der Waals surface area contributed by atoms with Crippen molar-refractivity contribution >= 4 is 5.91 Å². The third-order valence-electron chi connectivity index (χ3n) is 4.14. The van der Waals surface area contributed by atoms with Crippen LogP contribution < -0.4 is 14.8 Å². The van der Waals surface area contributed by atoms with Crippen LogP contribution in [-0.4, -0.2) is 33.0 Å². The number of rotatable bonds is 8. The molecule has 0 aliphatic heterocycles. The van der Waals surface area contributed by atoms with Crippen LogP contribution in [0.4, 0.5) is 0 Å². The lowest BCUT2D eigenvalue weighted by Crippen LogP contribution is -2.34. The molecule has 0 radical (unpaired) electrons. The molecule has 9 heteroatoms. The topological polar surface area (TPSA) is 104 Å². The minimum Gasteiger partial charge on any atom is -0.497 e. The molecule has 0 aliphatic rings. The third kappa shape index (κ3) is 5.56. The van der Waals surface area contributed by atoms with Gasteiger partial charge in [0.05, 0.1) is 26.4 Å². The van der Waals surface area contributed by atoms with Gasteiger partial charge in [0.2, 0.25) is 5.91 Å². The van der Waals surface area contributed by atoms with E-state index >= 15 is 0 Å². The second-order valence-electron chi connectivity index (χ2n) is 7.53. The maximum absolute atomic E-state index is 12.0. The van der Waals surface area contributed by atoms with Crippen LogP contribution in [0.5, 0.6) is 11.5 Å². The van der Waals surface area contributed by atoms with Gasteiger partial charge in [0.25, 0.3) is 0 Å². The largest absolute Gasteiger partial charge is 0.497 e. The Kier molecular flexibility index (Phi) is 6.16. The zero-order valence-corrected chi connectivity index (χ0v) is 17.0. The number of carbonyl (C=O) groups excluding carboxylic acids is 1. The van der Waals surface area contributed by atoms with Gasteiger partial charge in [-0.15, -0.1) is 5.10 Å². The predicted octanol–water partition coefficient (Wildman–Crippen LogP) is 2.56. The van der Waals surface area contributed by atoms with Gasteiger partial charge in [-0.3, -0.25) is 4.79 Å². The van der Waals surface area contributed by atoms with Crippen LogP contribution in [0.3, 0.4) is 0 Å². The van der Waals surface area contributed by atoms with Gasteiger partial charge in [0.15, 0.2) is 6.39 Å². The van der Waals surface area contributed by atoms with Crippen molar-refractivity contribution in [1.82, 2.24) is 25.3 Å². The highest BCUT2D eigenvalue weighted by atomic mass is 16.5. The van der Waals surface area contributed by atoms with Crippen molar-refractivity contribution in [3.63, 3.8) is 0 Å². The predicted molar refractivity (Wildman–Crippen MR) is 104 cm³/mol. The molecule has 0 aliphatic carbocycles. The molecule has 1 amide bonds. The minimum absolute atomic E-state index is 0.0578. The van der Waals surface area contributed by atoms with E-state index in [0.29, 0.717) is 29.4 Å². The Bertz CT molecular complexity index is 958. The first kappa shape index (κ1) is 20.4.